The van der Waals surface area contributed by atoms with E-state index in [1.54, 1.807) is 19.4 Å². The Hall–Kier alpha value is -2.24. The maximum Gasteiger partial charge on any atom is 0.416 e. The summed E-state index contributed by atoms with van der Waals surface area (Å²) in [5.74, 6) is 0.531. The number of pyridine rings is 1. The van der Waals surface area contributed by atoms with E-state index < -0.39 is 11.7 Å². The molecule has 2 aromatic rings. The van der Waals surface area contributed by atoms with Crippen LogP contribution in [0.1, 0.15) is 11.1 Å². The van der Waals surface area contributed by atoms with Crippen molar-refractivity contribution in [2.75, 3.05) is 19.0 Å². The van der Waals surface area contributed by atoms with Gasteiger partial charge in [0.1, 0.15) is 0 Å². The number of hydrogen-bond acceptors (Lipinski definition) is 3. The molecular formula is C15H15F3N2O. The molecule has 112 valence electrons. The molecule has 1 N–H and O–H groups in total. The number of rotatable bonds is 5. The second kappa shape index (κ2) is 6.47. The minimum absolute atomic E-state index is 0.531. The number of ether oxygens (including phenoxy) is 1. The number of anilines is 1. The average molecular weight is 296 g/mol. The predicted octanol–water partition coefficient (Wildman–Crippen LogP) is 3.76. The van der Waals surface area contributed by atoms with E-state index in [1.807, 2.05) is 6.07 Å². The highest BCUT2D eigenvalue weighted by Gasteiger charge is 2.29. The number of aromatic nitrogens is 1. The highest BCUT2D eigenvalue weighted by atomic mass is 19.4. The van der Waals surface area contributed by atoms with Crippen molar-refractivity contribution in [2.24, 2.45) is 0 Å². The van der Waals surface area contributed by atoms with E-state index in [0.29, 0.717) is 18.8 Å². The zero-order chi connectivity index (χ0) is 15.3. The zero-order valence-electron chi connectivity index (χ0n) is 11.4. The number of nitrogens with one attached hydrogen (secondary N) is 1. The van der Waals surface area contributed by atoms with E-state index in [-0.39, 0.29) is 0 Å². The summed E-state index contributed by atoms with van der Waals surface area (Å²) in [6.45, 7) is 0.610. The lowest BCUT2D eigenvalue weighted by molar-refractivity contribution is -0.137. The molecule has 0 bridgehead atoms. The average Bonchev–Trinajstić information content (AvgIpc) is 2.47. The third-order valence-corrected chi connectivity index (χ3v) is 2.97. The predicted molar refractivity (Wildman–Crippen MR) is 74.4 cm³/mol. The summed E-state index contributed by atoms with van der Waals surface area (Å²) in [5.41, 5.74) is 1.05. The van der Waals surface area contributed by atoms with E-state index in [0.717, 1.165) is 23.4 Å². The van der Waals surface area contributed by atoms with Crippen molar-refractivity contribution >= 4 is 5.69 Å². The van der Waals surface area contributed by atoms with Crippen molar-refractivity contribution in [1.82, 2.24) is 4.98 Å². The topological polar surface area (TPSA) is 34.1 Å². The molecule has 0 saturated carbocycles. The normalized spacial score (nSPS) is 11.2. The molecule has 0 aliphatic rings. The van der Waals surface area contributed by atoms with Gasteiger partial charge in [0, 0.05) is 12.6 Å². The number of benzene rings is 1. The fourth-order valence-electron chi connectivity index (χ4n) is 1.82. The molecule has 1 aromatic heterocycles. The second-order valence-corrected chi connectivity index (χ2v) is 4.46. The Morgan fingerprint density at radius 3 is 2.33 bits per heavy atom. The Bertz CT molecular complexity index is 565. The fraction of sp³-hybridized carbons (Fsp3) is 0.267. The molecule has 1 aromatic carbocycles. The molecule has 0 spiro atoms. The standard InChI is InChI=1S/C15H15F3N2O/c1-21-14-7-6-13(10-20-14)19-9-8-11-2-4-12(5-3-11)15(16,17)18/h2-7,10,19H,8-9H2,1H3. The first kappa shape index (κ1) is 15.2. The van der Waals surface area contributed by atoms with Crippen LogP contribution in [-0.2, 0) is 12.6 Å². The smallest absolute Gasteiger partial charge is 0.416 e. The number of nitrogens with zero attached hydrogens (tertiary/aromatic N) is 1. The van der Waals surface area contributed by atoms with E-state index in [2.05, 4.69) is 10.3 Å². The maximum atomic E-state index is 12.4. The van der Waals surface area contributed by atoms with Crippen LogP contribution in [0.25, 0.3) is 0 Å². The van der Waals surface area contributed by atoms with Crippen molar-refractivity contribution in [2.45, 2.75) is 12.6 Å². The van der Waals surface area contributed by atoms with Gasteiger partial charge in [-0.2, -0.15) is 13.2 Å². The molecule has 21 heavy (non-hydrogen) atoms. The summed E-state index contributed by atoms with van der Waals surface area (Å²) in [7, 11) is 1.54. The van der Waals surface area contributed by atoms with Crippen molar-refractivity contribution in [3.63, 3.8) is 0 Å². The third kappa shape index (κ3) is 4.37. The molecule has 0 amide bonds. The number of hydrogen-bond donors (Lipinski definition) is 1. The number of halogens is 3. The quantitative estimate of drug-likeness (QED) is 0.912. The first-order valence-corrected chi connectivity index (χ1v) is 6.39. The maximum absolute atomic E-state index is 12.4. The van der Waals surface area contributed by atoms with E-state index >= 15 is 0 Å². The summed E-state index contributed by atoms with van der Waals surface area (Å²) in [6.07, 6.45) is -2.01. The van der Waals surface area contributed by atoms with Gasteiger partial charge in [0.2, 0.25) is 5.88 Å². The van der Waals surface area contributed by atoms with Crippen LogP contribution in [0.4, 0.5) is 18.9 Å². The largest absolute Gasteiger partial charge is 0.481 e. The molecule has 0 aliphatic carbocycles. The molecule has 2 rings (SSSR count). The van der Waals surface area contributed by atoms with Gasteiger partial charge >= 0.3 is 6.18 Å². The summed E-state index contributed by atoms with van der Waals surface area (Å²) >= 11 is 0. The van der Waals surface area contributed by atoms with E-state index in [9.17, 15) is 13.2 Å². The van der Waals surface area contributed by atoms with Gasteiger partial charge < -0.3 is 10.1 Å². The monoisotopic (exact) mass is 296 g/mol. The number of methoxy groups -OCH3 is 1. The SMILES string of the molecule is COc1ccc(NCCc2ccc(C(F)(F)F)cc2)cn1. The first-order chi connectivity index (χ1) is 9.99. The molecule has 0 aliphatic heterocycles. The van der Waals surface area contributed by atoms with Gasteiger partial charge in [-0.1, -0.05) is 12.1 Å². The highest BCUT2D eigenvalue weighted by Crippen LogP contribution is 2.29. The third-order valence-electron chi connectivity index (χ3n) is 2.97. The molecule has 0 atom stereocenters. The summed E-state index contributed by atoms with van der Waals surface area (Å²) in [6, 6.07) is 8.77. The lowest BCUT2D eigenvalue weighted by atomic mass is 10.1. The Morgan fingerprint density at radius 1 is 1.10 bits per heavy atom. The molecular weight excluding hydrogens is 281 g/mol. The summed E-state index contributed by atoms with van der Waals surface area (Å²) in [5, 5.41) is 3.15. The summed E-state index contributed by atoms with van der Waals surface area (Å²) in [4.78, 5) is 4.05. The van der Waals surface area contributed by atoms with Crippen LogP contribution in [0.15, 0.2) is 42.6 Å². The van der Waals surface area contributed by atoms with E-state index in [1.165, 1.54) is 12.1 Å². The molecule has 1 heterocycles. The Labute approximate surface area is 120 Å². The minimum Gasteiger partial charge on any atom is -0.481 e. The summed E-state index contributed by atoms with van der Waals surface area (Å²) < 4.78 is 42.2. The van der Waals surface area contributed by atoms with Gasteiger partial charge in [-0.15, -0.1) is 0 Å². The zero-order valence-corrected chi connectivity index (χ0v) is 11.4. The first-order valence-electron chi connectivity index (χ1n) is 6.39. The molecule has 0 unspecified atom stereocenters. The van der Waals surface area contributed by atoms with Crippen LogP contribution in [0.5, 0.6) is 5.88 Å². The van der Waals surface area contributed by atoms with Crippen molar-refractivity contribution in [3.8, 4) is 5.88 Å². The Kier molecular flexibility index (Phi) is 4.67. The minimum atomic E-state index is -4.29. The van der Waals surface area contributed by atoms with Gasteiger partial charge in [-0.05, 0) is 30.2 Å². The van der Waals surface area contributed by atoms with Crippen LogP contribution in [-0.4, -0.2) is 18.6 Å². The van der Waals surface area contributed by atoms with Crippen LogP contribution in [0.2, 0.25) is 0 Å². The Morgan fingerprint density at radius 2 is 1.81 bits per heavy atom. The van der Waals surface area contributed by atoms with Crippen molar-refractivity contribution < 1.29 is 17.9 Å². The van der Waals surface area contributed by atoms with Gasteiger partial charge in [0.25, 0.3) is 0 Å². The van der Waals surface area contributed by atoms with Gasteiger partial charge in [-0.3, -0.25) is 0 Å². The molecule has 3 nitrogen and oxygen atoms in total. The van der Waals surface area contributed by atoms with Crippen molar-refractivity contribution in [1.29, 1.82) is 0 Å². The number of alkyl halides is 3. The second-order valence-electron chi connectivity index (χ2n) is 4.46. The van der Waals surface area contributed by atoms with Crippen LogP contribution < -0.4 is 10.1 Å². The van der Waals surface area contributed by atoms with Gasteiger partial charge in [0.05, 0.1) is 24.6 Å². The lowest BCUT2D eigenvalue weighted by Gasteiger charge is -2.09. The Balaban J connectivity index is 1.85. The van der Waals surface area contributed by atoms with Crippen LogP contribution >= 0.6 is 0 Å². The molecule has 0 saturated heterocycles. The molecule has 0 radical (unpaired) electrons. The van der Waals surface area contributed by atoms with Crippen LogP contribution in [0, 0.1) is 0 Å². The lowest BCUT2D eigenvalue weighted by Crippen LogP contribution is -2.07. The van der Waals surface area contributed by atoms with E-state index in [4.69, 9.17) is 4.74 Å². The fourth-order valence-corrected chi connectivity index (χ4v) is 1.82. The van der Waals surface area contributed by atoms with Crippen molar-refractivity contribution in [3.05, 3.63) is 53.7 Å². The van der Waals surface area contributed by atoms with Gasteiger partial charge in [-0.25, -0.2) is 4.98 Å². The molecule has 6 heteroatoms. The highest BCUT2D eigenvalue weighted by molar-refractivity contribution is 5.42. The van der Waals surface area contributed by atoms with Gasteiger partial charge in [0.15, 0.2) is 0 Å². The molecule has 0 fully saturated rings. The van der Waals surface area contributed by atoms with Crippen LogP contribution in [0.3, 0.4) is 0 Å².